The molecule has 0 amide bonds. The normalized spacial score (nSPS) is 12.5. The maximum absolute atomic E-state index is 12.1. The van der Waals surface area contributed by atoms with E-state index in [1.54, 1.807) is 0 Å². The number of halogens is 1. The molecule has 0 aliphatic carbocycles. The molecule has 1 rings (SSSR count). The Hall–Kier alpha value is -0.935. The van der Waals surface area contributed by atoms with Crippen LogP contribution in [0, 0.1) is 0 Å². The van der Waals surface area contributed by atoms with Crippen LogP contribution in [0.5, 0.6) is 0 Å². The lowest BCUT2D eigenvalue weighted by molar-refractivity contribution is -0.119. The van der Waals surface area contributed by atoms with Gasteiger partial charge >= 0.3 is 0 Å². The van der Waals surface area contributed by atoms with Crippen molar-refractivity contribution in [1.82, 2.24) is 4.81 Å². The van der Waals surface area contributed by atoms with Crippen LogP contribution in [-0.2, 0) is 9.59 Å². The van der Waals surface area contributed by atoms with E-state index in [4.69, 9.17) is 0 Å². The van der Waals surface area contributed by atoms with E-state index in [-0.39, 0.29) is 30.6 Å². The van der Waals surface area contributed by atoms with Gasteiger partial charge in [-0.15, -0.1) is 0 Å². The van der Waals surface area contributed by atoms with Gasteiger partial charge in [0, 0.05) is 6.54 Å². The van der Waals surface area contributed by atoms with Gasteiger partial charge in [0.1, 0.15) is 0 Å². The third-order valence-electron chi connectivity index (χ3n) is 2.77. The number of rotatable bonds is 7. The Morgan fingerprint density at radius 3 is 2.50 bits per heavy atom. The molecule has 0 aliphatic heterocycles. The van der Waals surface area contributed by atoms with Crippen molar-refractivity contribution in [3.63, 3.8) is 0 Å². The van der Waals surface area contributed by atoms with Gasteiger partial charge in [-0.1, -0.05) is 60.1 Å². The number of hydrogen-bond acceptors (Lipinski definition) is 3. The van der Waals surface area contributed by atoms with Gasteiger partial charge in [-0.25, -0.2) is 0 Å². The molecule has 0 fully saturated rings. The van der Waals surface area contributed by atoms with Crippen LogP contribution in [0.3, 0.4) is 0 Å². The molecule has 0 spiro atoms. The lowest BCUT2D eigenvalue weighted by Crippen LogP contribution is -2.40. The van der Waals surface area contributed by atoms with Crippen molar-refractivity contribution in [1.29, 1.82) is 0 Å². The van der Waals surface area contributed by atoms with E-state index >= 15 is 0 Å². The SMILES string of the molecule is CC(C)N(BC=O)CC(=O)C(Br)c1ccccc1. The van der Waals surface area contributed by atoms with Crippen molar-refractivity contribution in [3.8, 4) is 0 Å². The minimum absolute atomic E-state index is 0.0664. The molecule has 0 bridgehead atoms. The predicted octanol–water partition coefficient (Wildman–Crippen LogP) is 1.94. The molecule has 0 radical (unpaired) electrons. The monoisotopic (exact) mass is 309 g/mol. The van der Waals surface area contributed by atoms with E-state index in [0.29, 0.717) is 0 Å². The van der Waals surface area contributed by atoms with E-state index in [1.807, 2.05) is 49.0 Å². The van der Waals surface area contributed by atoms with E-state index in [9.17, 15) is 9.59 Å². The highest BCUT2D eigenvalue weighted by atomic mass is 79.9. The zero-order valence-electron chi connectivity index (χ0n) is 10.7. The molecule has 1 atom stereocenters. The Morgan fingerprint density at radius 1 is 1.39 bits per heavy atom. The summed E-state index contributed by atoms with van der Waals surface area (Å²) < 4.78 is 0. The maximum atomic E-state index is 12.1. The first kappa shape index (κ1) is 15.1. The van der Waals surface area contributed by atoms with Crippen LogP contribution in [0.2, 0.25) is 0 Å². The van der Waals surface area contributed by atoms with Gasteiger partial charge in [0.05, 0.1) is 11.0 Å². The number of carbonyl (C=O) groups is 2. The van der Waals surface area contributed by atoms with E-state index in [2.05, 4.69) is 15.9 Å². The molecule has 0 heterocycles. The fourth-order valence-electron chi connectivity index (χ4n) is 1.64. The smallest absolute Gasteiger partial charge is 0.281 e. The third kappa shape index (κ3) is 4.39. The zero-order valence-corrected chi connectivity index (χ0v) is 12.3. The Morgan fingerprint density at radius 2 is 2.00 bits per heavy atom. The molecule has 0 saturated heterocycles. The molecular weight excluding hydrogens is 293 g/mol. The van der Waals surface area contributed by atoms with Crippen molar-refractivity contribution in [2.24, 2.45) is 0 Å². The van der Waals surface area contributed by atoms with Crippen LogP contribution in [0.1, 0.15) is 24.2 Å². The van der Waals surface area contributed by atoms with Crippen molar-refractivity contribution in [2.75, 3.05) is 6.54 Å². The summed E-state index contributed by atoms with van der Waals surface area (Å²) in [6.07, 6.45) is 0.832. The molecule has 0 aromatic heterocycles. The van der Waals surface area contributed by atoms with Crippen LogP contribution in [0.15, 0.2) is 30.3 Å². The van der Waals surface area contributed by atoms with Crippen LogP contribution in [0.25, 0.3) is 0 Å². The number of ketones is 1. The van der Waals surface area contributed by atoms with Gasteiger partial charge in [-0.2, -0.15) is 0 Å². The molecule has 0 saturated carbocycles. The van der Waals surface area contributed by atoms with Crippen molar-refractivity contribution in [3.05, 3.63) is 35.9 Å². The van der Waals surface area contributed by atoms with Gasteiger partial charge in [-0.3, -0.25) is 4.79 Å². The van der Waals surface area contributed by atoms with Crippen LogP contribution >= 0.6 is 15.9 Å². The summed E-state index contributed by atoms with van der Waals surface area (Å²) in [4.78, 5) is 24.2. The average Bonchev–Trinajstić information content (AvgIpc) is 2.38. The molecule has 5 heteroatoms. The lowest BCUT2D eigenvalue weighted by Gasteiger charge is -2.24. The second-order valence-corrected chi connectivity index (χ2v) is 5.35. The highest BCUT2D eigenvalue weighted by molar-refractivity contribution is 9.09. The van der Waals surface area contributed by atoms with Gasteiger partial charge < -0.3 is 9.61 Å². The minimum atomic E-state index is -0.313. The van der Waals surface area contributed by atoms with Crippen molar-refractivity contribution in [2.45, 2.75) is 24.7 Å². The molecular formula is C13H17BBrNO2. The quantitative estimate of drug-likeness (QED) is 0.439. The summed E-state index contributed by atoms with van der Waals surface area (Å²) in [6, 6.07) is 9.73. The maximum Gasteiger partial charge on any atom is 0.281 e. The molecule has 18 heavy (non-hydrogen) atoms. The fourth-order valence-corrected chi connectivity index (χ4v) is 2.09. The van der Waals surface area contributed by atoms with Gasteiger partial charge in [0.2, 0.25) is 0 Å². The van der Waals surface area contributed by atoms with Crippen LogP contribution in [-0.4, -0.2) is 36.8 Å². The fraction of sp³-hybridized carbons (Fsp3) is 0.385. The summed E-state index contributed by atoms with van der Waals surface area (Å²) in [6.45, 7) is 4.23. The van der Waals surface area contributed by atoms with E-state index < -0.39 is 0 Å². The first-order valence-electron chi connectivity index (χ1n) is 5.95. The molecule has 1 unspecified atom stereocenters. The summed E-state index contributed by atoms with van der Waals surface area (Å²) in [5.74, 6) is 0.0664. The highest BCUT2D eigenvalue weighted by Crippen LogP contribution is 2.23. The Bertz CT molecular complexity index is 397. The Balaban J connectivity index is 2.67. The van der Waals surface area contributed by atoms with Crippen molar-refractivity contribution >= 4 is 35.3 Å². The minimum Gasteiger partial charge on any atom is -0.330 e. The first-order chi connectivity index (χ1) is 8.56. The van der Waals surface area contributed by atoms with Gasteiger partial charge in [0.15, 0.2) is 5.78 Å². The molecule has 0 N–H and O–H groups in total. The number of alkyl halides is 1. The topological polar surface area (TPSA) is 37.4 Å². The number of nitrogens with zero attached hydrogens (tertiary/aromatic N) is 1. The second kappa shape index (κ2) is 7.49. The number of hydrogen-bond donors (Lipinski definition) is 0. The predicted molar refractivity (Wildman–Crippen MR) is 78.9 cm³/mol. The van der Waals surface area contributed by atoms with Crippen molar-refractivity contribution < 1.29 is 9.59 Å². The summed E-state index contributed by atoms with van der Waals surface area (Å²) >= 11 is 3.42. The van der Waals surface area contributed by atoms with Crippen LogP contribution in [0.4, 0.5) is 0 Å². The van der Waals surface area contributed by atoms with Gasteiger partial charge in [0.25, 0.3) is 7.41 Å². The molecule has 1 aromatic rings. The average molecular weight is 310 g/mol. The number of carbonyl (C=O) groups excluding carboxylic acids is 2. The Labute approximate surface area is 117 Å². The van der Waals surface area contributed by atoms with E-state index in [0.717, 1.165) is 11.7 Å². The largest absolute Gasteiger partial charge is 0.330 e. The third-order valence-corrected chi connectivity index (χ3v) is 3.81. The second-order valence-electron chi connectivity index (χ2n) is 4.43. The first-order valence-corrected chi connectivity index (χ1v) is 6.87. The van der Waals surface area contributed by atoms with E-state index in [1.165, 1.54) is 0 Å². The Kier molecular flexibility index (Phi) is 6.29. The lowest BCUT2D eigenvalue weighted by atomic mass is 9.91. The zero-order chi connectivity index (χ0) is 13.5. The molecule has 1 aromatic carbocycles. The molecule has 3 nitrogen and oxygen atoms in total. The number of benzene rings is 1. The summed E-state index contributed by atoms with van der Waals surface area (Å²) in [5.41, 5.74) is 0.942. The number of Topliss-reactive ketones (excluding diaryl/α,β-unsaturated/α-hetero) is 1. The molecule has 96 valence electrons. The highest BCUT2D eigenvalue weighted by Gasteiger charge is 2.21. The van der Waals surface area contributed by atoms with Crippen LogP contribution < -0.4 is 0 Å². The summed E-state index contributed by atoms with van der Waals surface area (Å²) in [5, 5.41) is 0. The van der Waals surface area contributed by atoms with Gasteiger partial charge in [-0.05, 0) is 11.6 Å². The summed E-state index contributed by atoms with van der Waals surface area (Å²) in [7, 11) is 0.290. The standard InChI is InChI=1S/C13H17BBrNO2/c1-10(2)16(14-9-17)8-12(18)13(15)11-6-4-3-5-7-11/h3-7,9-10,13-14H,8H2,1-2H3. The molecule has 0 aliphatic rings.